The van der Waals surface area contributed by atoms with Gasteiger partial charge in [-0.3, -0.25) is 0 Å². The highest BCUT2D eigenvalue weighted by Crippen LogP contribution is 2.14. The molecule has 78 valence electrons. The maximum Gasteiger partial charge on any atom is 0.0806 e. The molecule has 0 N–H and O–H groups in total. The highest BCUT2D eigenvalue weighted by molar-refractivity contribution is 6.89. The lowest BCUT2D eigenvalue weighted by atomic mass is 10.4. The van der Waals surface area contributed by atoms with Crippen molar-refractivity contribution in [1.82, 2.24) is 0 Å². The third-order valence-electron chi connectivity index (χ3n) is 2.74. The first-order valence-electron chi connectivity index (χ1n) is 5.28. The molecule has 0 radical (unpaired) electrons. The summed E-state index contributed by atoms with van der Waals surface area (Å²) in [6.07, 6.45) is 2.43. The summed E-state index contributed by atoms with van der Waals surface area (Å²) in [5.74, 6) is 0.805. The van der Waals surface area contributed by atoms with E-state index in [1.807, 2.05) is 0 Å². The number of rotatable bonds is 5. The van der Waals surface area contributed by atoms with Crippen LogP contribution in [0.2, 0.25) is 19.1 Å². The molecule has 0 aliphatic carbocycles. The molecule has 0 aliphatic heterocycles. The van der Waals surface area contributed by atoms with E-state index in [1.165, 1.54) is 12.5 Å². The third-order valence-corrected chi connectivity index (χ3v) is 6.51. The van der Waals surface area contributed by atoms with Gasteiger partial charge < -0.3 is 0 Å². The van der Waals surface area contributed by atoms with Crippen LogP contribution in [0.4, 0.5) is 0 Å². The number of unbranched alkanes of at least 4 members (excludes halogenated alkanes) is 1. The lowest BCUT2D eigenvalue weighted by Crippen LogP contribution is -2.40. The summed E-state index contributed by atoms with van der Waals surface area (Å²) in [5.41, 5.74) is 0. The largest absolute Gasteiger partial charge is 0.127 e. The molecule has 0 heterocycles. The molecular weight excluding hydrogens is 208 g/mol. The number of hydrogen-bond acceptors (Lipinski definition) is 0. The number of hydrogen-bond donors (Lipinski definition) is 0. The summed E-state index contributed by atoms with van der Waals surface area (Å²) in [7, 11) is -1.18. The van der Waals surface area contributed by atoms with Crippen LogP contribution in [0.3, 0.4) is 0 Å². The molecule has 1 rings (SSSR count). The molecule has 2 heteroatoms. The SMILES string of the molecule is C[Si](C)(CCCCCl)c1ccccc1. The molecule has 0 unspecified atom stereocenters. The summed E-state index contributed by atoms with van der Waals surface area (Å²) < 4.78 is 0. The Morgan fingerprint density at radius 2 is 1.71 bits per heavy atom. The summed E-state index contributed by atoms with van der Waals surface area (Å²) >= 11 is 5.69. The Bertz CT molecular complexity index is 256. The standard InChI is InChI=1S/C12H19ClSi/c1-14(2,11-7-6-10-13)12-8-4-3-5-9-12/h3-5,8-9H,6-7,10-11H2,1-2H3. The fourth-order valence-corrected chi connectivity index (χ4v) is 4.40. The molecule has 0 saturated heterocycles. The van der Waals surface area contributed by atoms with E-state index in [-0.39, 0.29) is 0 Å². The van der Waals surface area contributed by atoms with Crippen molar-refractivity contribution in [3.05, 3.63) is 30.3 Å². The van der Waals surface area contributed by atoms with Crippen LogP contribution < -0.4 is 5.19 Å². The average Bonchev–Trinajstić information content (AvgIpc) is 2.19. The highest BCUT2D eigenvalue weighted by Gasteiger charge is 2.21. The first-order valence-corrected chi connectivity index (χ1v) is 9.02. The van der Waals surface area contributed by atoms with E-state index in [0.29, 0.717) is 0 Å². The molecule has 1 aromatic rings. The lowest BCUT2D eigenvalue weighted by molar-refractivity contribution is 0.876. The zero-order chi connectivity index (χ0) is 10.4. The van der Waals surface area contributed by atoms with Crippen LogP contribution in [-0.4, -0.2) is 14.0 Å². The molecule has 0 aromatic heterocycles. The smallest absolute Gasteiger partial charge is 0.0806 e. The number of halogens is 1. The second kappa shape index (κ2) is 5.57. The van der Waals surface area contributed by atoms with E-state index in [0.717, 1.165) is 12.3 Å². The van der Waals surface area contributed by atoms with E-state index in [4.69, 9.17) is 11.6 Å². The van der Waals surface area contributed by atoms with E-state index in [1.54, 1.807) is 5.19 Å². The van der Waals surface area contributed by atoms with Gasteiger partial charge in [-0.25, -0.2) is 0 Å². The van der Waals surface area contributed by atoms with Crippen molar-refractivity contribution in [2.24, 2.45) is 0 Å². The average molecular weight is 227 g/mol. The Kier molecular flexibility index (Phi) is 4.69. The van der Waals surface area contributed by atoms with Crippen molar-refractivity contribution in [2.75, 3.05) is 5.88 Å². The molecule has 0 saturated carbocycles. The van der Waals surface area contributed by atoms with Crippen LogP contribution in [0, 0.1) is 0 Å². The van der Waals surface area contributed by atoms with Crippen LogP contribution >= 0.6 is 11.6 Å². The van der Waals surface area contributed by atoms with Gasteiger partial charge in [0.2, 0.25) is 0 Å². The summed E-state index contributed by atoms with van der Waals surface area (Å²) in [4.78, 5) is 0. The fraction of sp³-hybridized carbons (Fsp3) is 0.500. The number of alkyl halides is 1. The first kappa shape index (κ1) is 11.8. The van der Waals surface area contributed by atoms with E-state index < -0.39 is 8.07 Å². The van der Waals surface area contributed by atoms with E-state index in [9.17, 15) is 0 Å². The molecular formula is C12H19ClSi. The topological polar surface area (TPSA) is 0 Å². The van der Waals surface area contributed by atoms with Crippen molar-refractivity contribution >= 4 is 24.9 Å². The molecule has 0 bridgehead atoms. The maximum atomic E-state index is 5.69. The van der Waals surface area contributed by atoms with Gasteiger partial charge >= 0.3 is 0 Å². The molecule has 0 nitrogen and oxygen atoms in total. The zero-order valence-corrected chi connectivity index (χ0v) is 10.8. The number of benzene rings is 1. The van der Waals surface area contributed by atoms with Crippen LogP contribution in [0.25, 0.3) is 0 Å². The second-order valence-corrected chi connectivity index (χ2v) is 9.62. The van der Waals surface area contributed by atoms with Gasteiger partial charge in [-0.2, -0.15) is 0 Å². The summed E-state index contributed by atoms with van der Waals surface area (Å²) in [5, 5.41) is 1.56. The summed E-state index contributed by atoms with van der Waals surface area (Å²) in [6, 6.07) is 12.3. The van der Waals surface area contributed by atoms with Crippen molar-refractivity contribution in [2.45, 2.75) is 32.0 Å². The van der Waals surface area contributed by atoms with Gasteiger partial charge in [0, 0.05) is 5.88 Å². The maximum absolute atomic E-state index is 5.69. The highest BCUT2D eigenvalue weighted by atomic mass is 35.5. The predicted octanol–water partition coefficient (Wildman–Crippen LogP) is 3.62. The summed E-state index contributed by atoms with van der Waals surface area (Å²) in [6.45, 7) is 4.88. The Balaban J connectivity index is 2.56. The first-order chi connectivity index (χ1) is 6.67. The van der Waals surface area contributed by atoms with Crippen molar-refractivity contribution in [1.29, 1.82) is 0 Å². The fourth-order valence-electron chi connectivity index (χ4n) is 1.70. The van der Waals surface area contributed by atoms with Crippen LogP contribution in [0.15, 0.2) is 30.3 Å². The van der Waals surface area contributed by atoms with Crippen molar-refractivity contribution < 1.29 is 0 Å². The van der Waals surface area contributed by atoms with Crippen LogP contribution in [0.1, 0.15) is 12.8 Å². The minimum Gasteiger partial charge on any atom is -0.127 e. The van der Waals surface area contributed by atoms with Gasteiger partial charge in [-0.15, -0.1) is 11.6 Å². The quantitative estimate of drug-likeness (QED) is 0.409. The van der Waals surface area contributed by atoms with Gasteiger partial charge in [-0.05, 0) is 6.42 Å². The second-order valence-electron chi connectivity index (χ2n) is 4.40. The van der Waals surface area contributed by atoms with Crippen LogP contribution in [-0.2, 0) is 0 Å². The minimum absolute atomic E-state index is 0.805. The Hall–Kier alpha value is -0.273. The van der Waals surface area contributed by atoms with E-state index in [2.05, 4.69) is 43.4 Å². The molecule has 0 spiro atoms. The normalized spacial score (nSPS) is 11.6. The van der Waals surface area contributed by atoms with Gasteiger partial charge in [0.05, 0.1) is 8.07 Å². The monoisotopic (exact) mass is 226 g/mol. The lowest BCUT2D eigenvalue weighted by Gasteiger charge is -2.22. The van der Waals surface area contributed by atoms with Gasteiger partial charge in [0.1, 0.15) is 0 Å². The van der Waals surface area contributed by atoms with Gasteiger partial charge in [-0.1, -0.05) is 61.1 Å². The Morgan fingerprint density at radius 3 is 2.29 bits per heavy atom. The zero-order valence-electron chi connectivity index (χ0n) is 9.09. The minimum atomic E-state index is -1.18. The van der Waals surface area contributed by atoms with Crippen molar-refractivity contribution in [3.8, 4) is 0 Å². The Morgan fingerprint density at radius 1 is 1.07 bits per heavy atom. The molecule has 0 amide bonds. The Labute approximate surface area is 93.3 Å². The molecule has 1 aromatic carbocycles. The van der Waals surface area contributed by atoms with Gasteiger partial charge in [0.25, 0.3) is 0 Å². The molecule has 0 aliphatic rings. The molecule has 0 fully saturated rings. The van der Waals surface area contributed by atoms with Crippen LogP contribution in [0.5, 0.6) is 0 Å². The molecule has 14 heavy (non-hydrogen) atoms. The molecule has 0 atom stereocenters. The van der Waals surface area contributed by atoms with Gasteiger partial charge in [0.15, 0.2) is 0 Å². The third kappa shape index (κ3) is 3.47. The van der Waals surface area contributed by atoms with E-state index >= 15 is 0 Å². The predicted molar refractivity (Wildman–Crippen MR) is 68.3 cm³/mol. The van der Waals surface area contributed by atoms with Crippen molar-refractivity contribution in [3.63, 3.8) is 0 Å².